The zero-order valence-corrected chi connectivity index (χ0v) is 18.8. The topological polar surface area (TPSA) is 3.24 Å². The van der Waals surface area contributed by atoms with E-state index in [0.717, 1.165) is 12.3 Å². The number of nitrogens with zero attached hydrogens (tertiary/aromatic N) is 1. The fraction of sp³-hybridized carbons (Fsp3) is 0.310. The van der Waals surface area contributed by atoms with Crippen molar-refractivity contribution in [2.75, 3.05) is 13.1 Å². The minimum absolute atomic E-state index is 0. The standard InChI is InChI=1S/C29H29N.ClH/c1-2-7-21(8-3-1)22-17-19-30(20-18-22)29-12-6-11-25-27-14-13-23-9-4-5-10-24(23)26(27)15-16-28(25)29;/h1-5,7-11,14-16,22,29H,6,12-13,17-20H2;1H. The molecule has 0 radical (unpaired) electrons. The van der Waals surface area contributed by atoms with Crippen LogP contribution in [0.15, 0.2) is 66.7 Å². The summed E-state index contributed by atoms with van der Waals surface area (Å²) < 4.78 is 0. The summed E-state index contributed by atoms with van der Waals surface area (Å²) in [6.45, 7) is 2.43. The van der Waals surface area contributed by atoms with Crippen molar-refractivity contribution in [3.63, 3.8) is 0 Å². The van der Waals surface area contributed by atoms with Gasteiger partial charge in [-0.25, -0.2) is 0 Å². The third-order valence-corrected chi connectivity index (χ3v) is 7.54. The lowest BCUT2D eigenvalue weighted by molar-refractivity contribution is 0.144. The summed E-state index contributed by atoms with van der Waals surface area (Å²) in [5.74, 6) is 0.727. The van der Waals surface area contributed by atoms with Gasteiger partial charge < -0.3 is 0 Å². The second kappa shape index (κ2) is 8.65. The molecule has 158 valence electrons. The Morgan fingerprint density at radius 3 is 2.29 bits per heavy atom. The highest BCUT2D eigenvalue weighted by molar-refractivity contribution is 5.85. The van der Waals surface area contributed by atoms with Gasteiger partial charge in [-0.1, -0.05) is 78.9 Å². The smallest absolute Gasteiger partial charge is 0.0357 e. The Bertz CT molecular complexity index is 1190. The first-order valence-electron chi connectivity index (χ1n) is 11.6. The molecule has 0 aromatic heterocycles. The van der Waals surface area contributed by atoms with Gasteiger partial charge in [-0.3, -0.25) is 4.90 Å². The lowest BCUT2D eigenvalue weighted by Crippen LogP contribution is -2.43. The van der Waals surface area contributed by atoms with Crippen molar-refractivity contribution in [3.8, 4) is 11.1 Å². The summed E-state index contributed by atoms with van der Waals surface area (Å²) in [5, 5.41) is 3.00. The Kier molecular flexibility index (Phi) is 5.73. The third-order valence-electron chi connectivity index (χ3n) is 7.54. The number of fused-ring (bicyclic) bond motifs is 5. The van der Waals surface area contributed by atoms with Crippen LogP contribution in [0.5, 0.6) is 0 Å². The monoisotopic (exact) mass is 427 g/mol. The SMILES string of the molecule is C1=c2c(ccc3c2=CCCC3N2CCC(c3ccccc3)CC2)-c2ccccc2C1.Cl. The molecule has 3 aromatic carbocycles. The zero-order valence-electron chi connectivity index (χ0n) is 18.0. The molecule has 0 spiro atoms. The van der Waals surface area contributed by atoms with Gasteiger partial charge in [-0.2, -0.15) is 0 Å². The van der Waals surface area contributed by atoms with Crippen LogP contribution < -0.4 is 10.4 Å². The van der Waals surface area contributed by atoms with E-state index < -0.39 is 0 Å². The molecule has 3 aromatic rings. The largest absolute Gasteiger partial charge is 0.296 e. The molecule has 1 aliphatic heterocycles. The van der Waals surface area contributed by atoms with Crippen LogP contribution in [0, 0.1) is 0 Å². The van der Waals surface area contributed by atoms with E-state index >= 15 is 0 Å². The average molecular weight is 428 g/mol. The van der Waals surface area contributed by atoms with E-state index in [1.165, 1.54) is 71.5 Å². The molecule has 3 aliphatic rings. The summed E-state index contributed by atoms with van der Waals surface area (Å²) >= 11 is 0. The highest BCUT2D eigenvalue weighted by Crippen LogP contribution is 2.35. The highest BCUT2D eigenvalue weighted by Gasteiger charge is 2.29. The molecule has 31 heavy (non-hydrogen) atoms. The quantitative estimate of drug-likeness (QED) is 0.514. The Hall–Kier alpha value is -2.35. The van der Waals surface area contributed by atoms with Gasteiger partial charge in [0.1, 0.15) is 0 Å². The molecular weight excluding hydrogens is 398 g/mol. The van der Waals surface area contributed by atoms with Crippen molar-refractivity contribution >= 4 is 24.6 Å². The van der Waals surface area contributed by atoms with Gasteiger partial charge in [0.05, 0.1) is 0 Å². The van der Waals surface area contributed by atoms with Crippen molar-refractivity contribution in [3.05, 3.63) is 93.9 Å². The molecule has 0 amide bonds. The lowest BCUT2D eigenvalue weighted by Gasteiger charge is -2.39. The van der Waals surface area contributed by atoms with Crippen LogP contribution in [-0.2, 0) is 6.42 Å². The van der Waals surface area contributed by atoms with Crippen LogP contribution >= 0.6 is 12.4 Å². The minimum atomic E-state index is 0. The van der Waals surface area contributed by atoms with E-state index in [2.05, 4.69) is 83.8 Å². The van der Waals surface area contributed by atoms with Gasteiger partial charge in [0.25, 0.3) is 0 Å². The normalized spacial score (nSPS) is 20.3. The maximum absolute atomic E-state index is 2.77. The molecule has 6 rings (SSSR count). The lowest BCUT2D eigenvalue weighted by atomic mass is 9.83. The second-order valence-corrected chi connectivity index (χ2v) is 9.11. The maximum atomic E-state index is 2.77. The van der Waals surface area contributed by atoms with Crippen LogP contribution in [0.2, 0.25) is 0 Å². The summed E-state index contributed by atoms with van der Waals surface area (Å²) in [5.41, 5.74) is 7.40. The summed E-state index contributed by atoms with van der Waals surface area (Å²) in [7, 11) is 0. The average Bonchev–Trinajstić information content (AvgIpc) is 2.84. The van der Waals surface area contributed by atoms with Crippen molar-refractivity contribution in [2.45, 2.75) is 44.1 Å². The molecule has 0 saturated carbocycles. The fourth-order valence-electron chi connectivity index (χ4n) is 5.99. The van der Waals surface area contributed by atoms with Crippen LogP contribution in [-0.4, -0.2) is 18.0 Å². The molecule has 1 nitrogen and oxygen atoms in total. The van der Waals surface area contributed by atoms with Crippen molar-refractivity contribution < 1.29 is 0 Å². The van der Waals surface area contributed by atoms with Crippen LogP contribution in [0.25, 0.3) is 23.3 Å². The summed E-state index contributed by atoms with van der Waals surface area (Å²) in [4.78, 5) is 2.77. The van der Waals surface area contributed by atoms with E-state index in [1.807, 2.05) is 0 Å². The minimum Gasteiger partial charge on any atom is -0.296 e. The van der Waals surface area contributed by atoms with Crippen LogP contribution in [0.4, 0.5) is 0 Å². The molecule has 1 heterocycles. The van der Waals surface area contributed by atoms with Gasteiger partial charge >= 0.3 is 0 Å². The Morgan fingerprint density at radius 2 is 1.45 bits per heavy atom. The molecule has 1 saturated heterocycles. The summed E-state index contributed by atoms with van der Waals surface area (Å²) in [6.07, 6.45) is 11.1. The van der Waals surface area contributed by atoms with Gasteiger partial charge in [0.15, 0.2) is 0 Å². The van der Waals surface area contributed by atoms with Crippen molar-refractivity contribution in [1.29, 1.82) is 0 Å². The zero-order chi connectivity index (χ0) is 19.9. The first-order valence-corrected chi connectivity index (χ1v) is 11.6. The number of likely N-dealkylation sites (tertiary alicyclic amines) is 1. The van der Waals surface area contributed by atoms with Gasteiger partial charge in [-0.05, 0) is 89.4 Å². The maximum Gasteiger partial charge on any atom is 0.0357 e. The first kappa shape index (κ1) is 20.5. The third kappa shape index (κ3) is 3.64. The Labute approximate surface area is 191 Å². The van der Waals surface area contributed by atoms with Crippen molar-refractivity contribution in [2.24, 2.45) is 0 Å². The van der Waals surface area contributed by atoms with Crippen LogP contribution in [0.1, 0.15) is 54.3 Å². The molecule has 1 unspecified atom stereocenters. The number of benzene rings is 3. The van der Waals surface area contributed by atoms with Crippen molar-refractivity contribution in [1.82, 2.24) is 4.90 Å². The molecule has 1 fully saturated rings. The highest BCUT2D eigenvalue weighted by atomic mass is 35.5. The summed E-state index contributed by atoms with van der Waals surface area (Å²) in [6, 6.07) is 25.4. The Balaban J connectivity index is 0.00000204. The predicted octanol–water partition coefficient (Wildman–Crippen LogP) is 5.61. The molecule has 2 heteroatoms. The van der Waals surface area contributed by atoms with E-state index in [1.54, 1.807) is 5.56 Å². The van der Waals surface area contributed by atoms with Gasteiger partial charge in [0.2, 0.25) is 0 Å². The number of piperidine rings is 1. The molecule has 0 N–H and O–H groups in total. The second-order valence-electron chi connectivity index (χ2n) is 9.11. The molecule has 0 bridgehead atoms. The molecule has 1 atom stereocenters. The number of hydrogen-bond acceptors (Lipinski definition) is 1. The van der Waals surface area contributed by atoms with Gasteiger partial charge in [-0.15, -0.1) is 12.4 Å². The number of halogens is 1. The van der Waals surface area contributed by atoms with Crippen LogP contribution in [0.3, 0.4) is 0 Å². The van der Waals surface area contributed by atoms with E-state index in [4.69, 9.17) is 0 Å². The fourth-order valence-corrected chi connectivity index (χ4v) is 5.99. The van der Waals surface area contributed by atoms with E-state index in [0.29, 0.717) is 6.04 Å². The van der Waals surface area contributed by atoms with E-state index in [9.17, 15) is 0 Å². The predicted molar refractivity (Wildman–Crippen MR) is 133 cm³/mol. The number of hydrogen-bond donors (Lipinski definition) is 0. The molecular formula is C29H30ClN. The Morgan fingerprint density at radius 1 is 0.677 bits per heavy atom. The molecule has 2 aliphatic carbocycles. The van der Waals surface area contributed by atoms with Gasteiger partial charge in [0, 0.05) is 6.04 Å². The van der Waals surface area contributed by atoms with E-state index in [-0.39, 0.29) is 12.4 Å². The first-order chi connectivity index (χ1) is 14.9. The number of rotatable bonds is 2.